The van der Waals surface area contributed by atoms with E-state index in [-0.39, 0.29) is 0 Å². The maximum absolute atomic E-state index is 5.06. The molecule has 0 aliphatic heterocycles. The lowest BCUT2D eigenvalue weighted by Crippen LogP contribution is -2.23. The molecule has 27 heavy (non-hydrogen) atoms. The Hall–Kier alpha value is -2.81. The summed E-state index contributed by atoms with van der Waals surface area (Å²) >= 11 is 0. The van der Waals surface area contributed by atoms with Crippen molar-refractivity contribution in [2.75, 3.05) is 5.32 Å². The van der Waals surface area contributed by atoms with E-state index >= 15 is 0 Å². The van der Waals surface area contributed by atoms with Gasteiger partial charge in [0.15, 0.2) is 0 Å². The van der Waals surface area contributed by atoms with Crippen LogP contribution in [0.1, 0.15) is 37.7 Å². The molecule has 2 heterocycles. The molecule has 2 aromatic heterocycles. The lowest BCUT2D eigenvalue weighted by molar-refractivity contribution is 0.462. The number of imidazole rings is 1. The molecule has 0 radical (unpaired) electrons. The van der Waals surface area contributed by atoms with E-state index in [2.05, 4.69) is 77.4 Å². The van der Waals surface area contributed by atoms with Gasteiger partial charge in [-0.05, 0) is 48.2 Å². The van der Waals surface area contributed by atoms with Crippen molar-refractivity contribution in [1.29, 1.82) is 0 Å². The lowest BCUT2D eigenvalue weighted by atomic mass is 9.95. The highest BCUT2D eigenvalue weighted by molar-refractivity contribution is 5.98. The molecule has 0 atom stereocenters. The van der Waals surface area contributed by atoms with Crippen LogP contribution in [0.3, 0.4) is 0 Å². The molecule has 1 fully saturated rings. The van der Waals surface area contributed by atoms with Gasteiger partial charge < -0.3 is 5.32 Å². The number of aryl methyl sites for hydroxylation is 1. The predicted octanol–water partition coefficient (Wildman–Crippen LogP) is 6.21. The van der Waals surface area contributed by atoms with Crippen LogP contribution in [0.5, 0.6) is 0 Å². The van der Waals surface area contributed by atoms with E-state index in [4.69, 9.17) is 4.98 Å². The Balaban J connectivity index is 1.71. The number of pyridine rings is 1. The van der Waals surface area contributed by atoms with E-state index in [1.165, 1.54) is 54.0 Å². The molecular formula is C24H25N3. The zero-order chi connectivity index (χ0) is 18.2. The highest BCUT2D eigenvalue weighted by atomic mass is 15.1. The van der Waals surface area contributed by atoms with Gasteiger partial charge in [-0.15, -0.1) is 0 Å². The number of hydrogen-bond acceptors (Lipinski definition) is 2. The summed E-state index contributed by atoms with van der Waals surface area (Å²) in [6.07, 6.45) is 8.63. The number of rotatable bonds is 3. The van der Waals surface area contributed by atoms with Crippen LogP contribution < -0.4 is 5.32 Å². The second-order valence-corrected chi connectivity index (χ2v) is 7.75. The Morgan fingerprint density at radius 3 is 2.67 bits per heavy atom. The zero-order valence-corrected chi connectivity index (χ0v) is 15.8. The van der Waals surface area contributed by atoms with Gasteiger partial charge >= 0.3 is 0 Å². The smallest absolute Gasteiger partial charge is 0.139 e. The van der Waals surface area contributed by atoms with Crippen molar-refractivity contribution in [1.82, 2.24) is 9.38 Å². The van der Waals surface area contributed by atoms with Gasteiger partial charge in [-0.2, -0.15) is 0 Å². The SMILES string of the molecule is Cc1ccn2c(NC3CCCCC3)c(-c3cccc4ccccc34)nc2c1. The Kier molecular flexibility index (Phi) is 4.08. The molecule has 4 aromatic rings. The highest BCUT2D eigenvalue weighted by Crippen LogP contribution is 2.35. The summed E-state index contributed by atoms with van der Waals surface area (Å²) in [5, 5.41) is 6.37. The van der Waals surface area contributed by atoms with Crippen molar-refractivity contribution in [2.24, 2.45) is 0 Å². The first-order valence-corrected chi connectivity index (χ1v) is 10.0. The fraction of sp³-hybridized carbons (Fsp3) is 0.292. The fourth-order valence-corrected chi connectivity index (χ4v) is 4.34. The molecule has 0 saturated heterocycles. The topological polar surface area (TPSA) is 29.3 Å². The van der Waals surface area contributed by atoms with Gasteiger partial charge in [0.1, 0.15) is 17.2 Å². The van der Waals surface area contributed by atoms with Gasteiger partial charge in [0.2, 0.25) is 0 Å². The van der Waals surface area contributed by atoms with Gasteiger partial charge in [-0.25, -0.2) is 4.98 Å². The molecule has 136 valence electrons. The summed E-state index contributed by atoms with van der Waals surface area (Å²) < 4.78 is 2.22. The molecule has 0 bridgehead atoms. The Bertz CT molecular complexity index is 1100. The van der Waals surface area contributed by atoms with E-state index in [0.29, 0.717) is 6.04 Å². The normalized spacial score (nSPS) is 15.4. The first-order valence-electron chi connectivity index (χ1n) is 10.0. The van der Waals surface area contributed by atoms with E-state index in [1.807, 2.05) is 0 Å². The molecule has 1 aliphatic rings. The summed E-state index contributed by atoms with van der Waals surface area (Å²) in [5.41, 5.74) is 4.51. The van der Waals surface area contributed by atoms with E-state index < -0.39 is 0 Å². The van der Waals surface area contributed by atoms with Gasteiger partial charge in [-0.3, -0.25) is 4.40 Å². The predicted molar refractivity (Wildman–Crippen MR) is 113 cm³/mol. The van der Waals surface area contributed by atoms with Crippen LogP contribution in [-0.2, 0) is 0 Å². The number of hydrogen-bond donors (Lipinski definition) is 1. The van der Waals surface area contributed by atoms with Crippen molar-refractivity contribution in [3.63, 3.8) is 0 Å². The molecule has 1 aliphatic carbocycles. The van der Waals surface area contributed by atoms with Crippen molar-refractivity contribution in [3.8, 4) is 11.3 Å². The van der Waals surface area contributed by atoms with Crippen LogP contribution in [0.2, 0.25) is 0 Å². The number of nitrogens with zero attached hydrogens (tertiary/aromatic N) is 2. The van der Waals surface area contributed by atoms with Crippen LogP contribution >= 0.6 is 0 Å². The number of fused-ring (bicyclic) bond motifs is 2. The summed E-state index contributed by atoms with van der Waals surface area (Å²) in [6, 6.07) is 20.0. The second kappa shape index (κ2) is 6.73. The molecule has 2 aromatic carbocycles. The van der Waals surface area contributed by atoms with Crippen LogP contribution in [0.15, 0.2) is 60.8 Å². The highest BCUT2D eigenvalue weighted by Gasteiger charge is 2.20. The summed E-state index contributed by atoms with van der Waals surface area (Å²) in [5.74, 6) is 1.13. The molecule has 0 spiro atoms. The van der Waals surface area contributed by atoms with Crippen molar-refractivity contribution >= 4 is 22.2 Å². The maximum Gasteiger partial charge on any atom is 0.139 e. The quantitative estimate of drug-likeness (QED) is 0.473. The minimum Gasteiger partial charge on any atom is -0.367 e. The number of anilines is 1. The largest absolute Gasteiger partial charge is 0.367 e. The van der Waals surface area contributed by atoms with Gasteiger partial charge in [0, 0.05) is 17.8 Å². The molecule has 3 nitrogen and oxygen atoms in total. The zero-order valence-electron chi connectivity index (χ0n) is 15.8. The Morgan fingerprint density at radius 2 is 1.78 bits per heavy atom. The van der Waals surface area contributed by atoms with Crippen molar-refractivity contribution in [2.45, 2.75) is 45.1 Å². The Morgan fingerprint density at radius 1 is 0.963 bits per heavy atom. The second-order valence-electron chi connectivity index (χ2n) is 7.75. The third-order valence-corrected chi connectivity index (χ3v) is 5.77. The van der Waals surface area contributed by atoms with Crippen LogP contribution in [0.4, 0.5) is 5.82 Å². The third kappa shape index (κ3) is 2.97. The Labute approximate surface area is 160 Å². The summed E-state index contributed by atoms with van der Waals surface area (Å²) in [7, 11) is 0. The summed E-state index contributed by atoms with van der Waals surface area (Å²) in [6.45, 7) is 2.13. The van der Waals surface area contributed by atoms with Crippen molar-refractivity contribution < 1.29 is 0 Å². The third-order valence-electron chi connectivity index (χ3n) is 5.77. The molecule has 0 amide bonds. The average Bonchev–Trinajstić information content (AvgIpc) is 3.05. The van der Waals surface area contributed by atoms with Gasteiger partial charge in [-0.1, -0.05) is 61.7 Å². The summed E-state index contributed by atoms with van der Waals surface area (Å²) in [4.78, 5) is 5.06. The number of nitrogens with one attached hydrogen (secondary N) is 1. The minimum absolute atomic E-state index is 0.536. The first kappa shape index (κ1) is 16.4. The molecule has 0 unspecified atom stereocenters. The molecular weight excluding hydrogens is 330 g/mol. The average molecular weight is 355 g/mol. The minimum atomic E-state index is 0.536. The fourth-order valence-electron chi connectivity index (χ4n) is 4.34. The maximum atomic E-state index is 5.06. The molecule has 1 saturated carbocycles. The number of benzene rings is 2. The standard InChI is InChI=1S/C24H25N3/c1-17-14-15-27-22(16-17)26-23(24(27)25-19-10-3-2-4-11-19)21-13-7-9-18-8-5-6-12-20(18)21/h5-9,12-16,19,25H,2-4,10-11H2,1H3. The molecule has 3 heteroatoms. The van der Waals surface area contributed by atoms with Gasteiger partial charge in [0.25, 0.3) is 0 Å². The molecule has 1 N–H and O–H groups in total. The monoisotopic (exact) mass is 355 g/mol. The van der Waals surface area contributed by atoms with Crippen LogP contribution in [-0.4, -0.2) is 15.4 Å². The van der Waals surface area contributed by atoms with Crippen molar-refractivity contribution in [3.05, 3.63) is 66.4 Å². The molecule has 5 rings (SSSR count). The van der Waals surface area contributed by atoms with Crippen LogP contribution in [0.25, 0.3) is 27.7 Å². The van der Waals surface area contributed by atoms with Crippen LogP contribution in [0, 0.1) is 6.92 Å². The van der Waals surface area contributed by atoms with E-state index in [0.717, 1.165) is 17.2 Å². The first-order chi connectivity index (χ1) is 13.3. The lowest BCUT2D eigenvalue weighted by Gasteiger charge is -2.24. The van der Waals surface area contributed by atoms with E-state index in [9.17, 15) is 0 Å². The number of aromatic nitrogens is 2. The van der Waals surface area contributed by atoms with Gasteiger partial charge in [0.05, 0.1) is 0 Å². The van der Waals surface area contributed by atoms with E-state index in [1.54, 1.807) is 0 Å².